The minimum Gasteiger partial charge on any atom is -0.483 e. The largest absolute Gasteiger partial charge is 0.483 e. The van der Waals surface area contributed by atoms with Gasteiger partial charge in [0.1, 0.15) is 17.4 Å². The van der Waals surface area contributed by atoms with Crippen molar-refractivity contribution >= 4 is 11.0 Å². The standard InChI is InChI=1S/C17H20N4O3/c1-11(16-5-12-6-18-4-3-15(12)24-16)20-14-9-22-10-17(14)23-13-7-19-21(2)8-13/h3-8,11,14,17,20H,9-10H2,1-2H3/t11?,14-,17+/m0/s1. The van der Waals surface area contributed by atoms with Crippen LogP contribution in [0.5, 0.6) is 5.75 Å². The van der Waals surface area contributed by atoms with Crippen LogP contribution in [0.15, 0.2) is 41.3 Å². The number of hydrogen-bond donors (Lipinski definition) is 1. The van der Waals surface area contributed by atoms with Crippen LogP contribution in [0.3, 0.4) is 0 Å². The molecule has 0 radical (unpaired) electrons. The molecule has 0 bridgehead atoms. The molecule has 1 aliphatic rings. The smallest absolute Gasteiger partial charge is 0.157 e. The van der Waals surface area contributed by atoms with Crippen LogP contribution < -0.4 is 10.1 Å². The fourth-order valence-electron chi connectivity index (χ4n) is 2.96. The van der Waals surface area contributed by atoms with Crippen molar-refractivity contribution in [3.05, 3.63) is 42.7 Å². The van der Waals surface area contributed by atoms with Gasteiger partial charge in [-0.05, 0) is 19.1 Å². The molecular formula is C17H20N4O3. The maximum absolute atomic E-state index is 5.99. The van der Waals surface area contributed by atoms with Crippen LogP contribution >= 0.6 is 0 Å². The van der Waals surface area contributed by atoms with Crippen LogP contribution in [0, 0.1) is 0 Å². The minimum absolute atomic E-state index is 0.0455. The zero-order chi connectivity index (χ0) is 16.5. The number of hydrogen-bond acceptors (Lipinski definition) is 6. The molecule has 7 nitrogen and oxygen atoms in total. The number of ether oxygens (including phenoxy) is 2. The van der Waals surface area contributed by atoms with Crippen molar-refractivity contribution in [2.75, 3.05) is 13.2 Å². The molecule has 1 saturated heterocycles. The summed E-state index contributed by atoms with van der Waals surface area (Å²) in [5.74, 6) is 1.63. The molecule has 4 heterocycles. The lowest BCUT2D eigenvalue weighted by molar-refractivity contribution is 0.138. The lowest BCUT2D eigenvalue weighted by atomic mass is 10.1. The molecule has 4 rings (SSSR count). The van der Waals surface area contributed by atoms with Gasteiger partial charge in [-0.1, -0.05) is 0 Å². The Morgan fingerprint density at radius 3 is 3.08 bits per heavy atom. The summed E-state index contributed by atoms with van der Waals surface area (Å²) in [6.07, 6.45) is 7.05. The normalized spacial score (nSPS) is 22.1. The van der Waals surface area contributed by atoms with Gasteiger partial charge in [-0.3, -0.25) is 15.0 Å². The molecule has 126 valence electrons. The Morgan fingerprint density at radius 1 is 1.38 bits per heavy atom. The van der Waals surface area contributed by atoms with Gasteiger partial charge in [-0.2, -0.15) is 5.10 Å². The number of pyridine rings is 1. The summed E-state index contributed by atoms with van der Waals surface area (Å²) in [6.45, 7) is 3.24. The zero-order valence-corrected chi connectivity index (χ0v) is 13.7. The molecule has 3 aromatic heterocycles. The molecule has 1 unspecified atom stereocenters. The van der Waals surface area contributed by atoms with E-state index in [1.54, 1.807) is 17.1 Å². The summed E-state index contributed by atoms with van der Waals surface area (Å²) in [4.78, 5) is 4.12. The molecule has 3 atom stereocenters. The molecule has 0 amide bonds. The van der Waals surface area contributed by atoms with Crippen molar-refractivity contribution in [1.82, 2.24) is 20.1 Å². The topological polar surface area (TPSA) is 74.3 Å². The zero-order valence-electron chi connectivity index (χ0n) is 13.7. The predicted octanol–water partition coefficient (Wildman–Crippen LogP) is 2.06. The fourth-order valence-corrected chi connectivity index (χ4v) is 2.96. The summed E-state index contributed by atoms with van der Waals surface area (Å²) >= 11 is 0. The number of aryl methyl sites for hydroxylation is 1. The number of fused-ring (bicyclic) bond motifs is 1. The van der Waals surface area contributed by atoms with Crippen molar-refractivity contribution < 1.29 is 13.9 Å². The number of aromatic nitrogens is 3. The predicted molar refractivity (Wildman–Crippen MR) is 87.8 cm³/mol. The Bertz CT molecular complexity index is 795. The van der Waals surface area contributed by atoms with E-state index in [-0.39, 0.29) is 18.2 Å². The van der Waals surface area contributed by atoms with Gasteiger partial charge < -0.3 is 13.9 Å². The van der Waals surface area contributed by atoms with E-state index in [1.807, 2.05) is 31.6 Å². The van der Waals surface area contributed by atoms with Crippen molar-refractivity contribution in [1.29, 1.82) is 0 Å². The summed E-state index contributed by atoms with van der Waals surface area (Å²) < 4.78 is 19.2. The highest BCUT2D eigenvalue weighted by Crippen LogP contribution is 2.25. The number of nitrogens with one attached hydrogen (secondary N) is 1. The molecule has 1 fully saturated rings. The van der Waals surface area contributed by atoms with Crippen molar-refractivity contribution in [3.63, 3.8) is 0 Å². The van der Waals surface area contributed by atoms with Crippen molar-refractivity contribution in [2.45, 2.75) is 25.1 Å². The molecule has 24 heavy (non-hydrogen) atoms. The first kappa shape index (κ1) is 15.2. The third kappa shape index (κ3) is 3.00. The van der Waals surface area contributed by atoms with E-state index in [1.165, 1.54) is 0 Å². The second-order valence-corrected chi connectivity index (χ2v) is 6.10. The third-order valence-electron chi connectivity index (χ3n) is 4.22. The Balaban J connectivity index is 1.44. The maximum atomic E-state index is 5.99. The van der Waals surface area contributed by atoms with E-state index in [4.69, 9.17) is 13.9 Å². The van der Waals surface area contributed by atoms with Crippen LogP contribution in [0.2, 0.25) is 0 Å². The molecular weight excluding hydrogens is 308 g/mol. The van der Waals surface area contributed by atoms with Gasteiger partial charge in [0, 0.05) is 24.8 Å². The molecule has 0 aromatic carbocycles. The van der Waals surface area contributed by atoms with Gasteiger partial charge in [0.05, 0.1) is 37.7 Å². The monoisotopic (exact) mass is 328 g/mol. The number of nitrogens with zero attached hydrogens (tertiary/aromatic N) is 3. The molecule has 1 N–H and O–H groups in total. The molecule has 3 aromatic rings. The fraction of sp³-hybridized carbons (Fsp3) is 0.412. The molecule has 1 aliphatic heterocycles. The van der Waals surface area contributed by atoms with E-state index in [0.29, 0.717) is 13.2 Å². The van der Waals surface area contributed by atoms with Gasteiger partial charge in [0.15, 0.2) is 5.75 Å². The Kier molecular flexibility index (Phi) is 3.95. The summed E-state index contributed by atoms with van der Waals surface area (Å²) in [7, 11) is 1.87. The summed E-state index contributed by atoms with van der Waals surface area (Å²) in [6, 6.07) is 4.03. The van der Waals surface area contributed by atoms with E-state index in [9.17, 15) is 0 Å². The van der Waals surface area contributed by atoms with Crippen molar-refractivity contribution in [2.24, 2.45) is 7.05 Å². The summed E-state index contributed by atoms with van der Waals surface area (Å²) in [5.41, 5.74) is 0.847. The maximum Gasteiger partial charge on any atom is 0.157 e. The van der Waals surface area contributed by atoms with E-state index in [0.717, 1.165) is 22.5 Å². The quantitative estimate of drug-likeness (QED) is 0.773. The Hall–Kier alpha value is -2.38. The molecule has 0 spiro atoms. The van der Waals surface area contributed by atoms with Crippen LogP contribution in [-0.2, 0) is 11.8 Å². The van der Waals surface area contributed by atoms with E-state index in [2.05, 4.69) is 22.3 Å². The lowest BCUT2D eigenvalue weighted by Crippen LogP contribution is -2.43. The first-order valence-corrected chi connectivity index (χ1v) is 8.01. The molecule has 0 aliphatic carbocycles. The second kappa shape index (κ2) is 6.26. The first-order chi connectivity index (χ1) is 11.7. The van der Waals surface area contributed by atoms with Crippen molar-refractivity contribution in [3.8, 4) is 5.75 Å². The second-order valence-electron chi connectivity index (χ2n) is 6.10. The minimum atomic E-state index is -0.0531. The average molecular weight is 328 g/mol. The number of rotatable bonds is 5. The third-order valence-corrected chi connectivity index (χ3v) is 4.22. The van der Waals surface area contributed by atoms with Gasteiger partial charge in [0.2, 0.25) is 0 Å². The van der Waals surface area contributed by atoms with Gasteiger partial charge in [-0.15, -0.1) is 0 Å². The Morgan fingerprint density at radius 2 is 2.29 bits per heavy atom. The van der Waals surface area contributed by atoms with Gasteiger partial charge >= 0.3 is 0 Å². The summed E-state index contributed by atoms with van der Waals surface area (Å²) in [5, 5.41) is 8.67. The highest BCUT2D eigenvalue weighted by molar-refractivity contribution is 5.76. The average Bonchev–Trinajstić information content (AvgIpc) is 3.28. The highest BCUT2D eigenvalue weighted by atomic mass is 16.5. The highest BCUT2D eigenvalue weighted by Gasteiger charge is 2.32. The van der Waals surface area contributed by atoms with E-state index >= 15 is 0 Å². The lowest BCUT2D eigenvalue weighted by Gasteiger charge is -2.22. The first-order valence-electron chi connectivity index (χ1n) is 8.01. The van der Waals surface area contributed by atoms with Gasteiger partial charge in [0.25, 0.3) is 0 Å². The SMILES string of the molecule is CC(N[C@H]1COC[C@H]1Oc1cnn(C)c1)c1cc2cnccc2o1. The molecule has 7 heteroatoms. The Labute approximate surface area is 139 Å². The van der Waals surface area contributed by atoms with Crippen LogP contribution in [0.4, 0.5) is 0 Å². The van der Waals surface area contributed by atoms with Crippen LogP contribution in [-0.4, -0.2) is 40.1 Å². The van der Waals surface area contributed by atoms with Gasteiger partial charge in [-0.25, -0.2) is 0 Å². The van der Waals surface area contributed by atoms with Crippen LogP contribution in [0.25, 0.3) is 11.0 Å². The number of furan rings is 1. The molecule has 0 saturated carbocycles. The van der Waals surface area contributed by atoms with E-state index < -0.39 is 0 Å². The van der Waals surface area contributed by atoms with Crippen LogP contribution in [0.1, 0.15) is 18.7 Å².